The summed E-state index contributed by atoms with van der Waals surface area (Å²) in [6.45, 7) is 3.96. The van der Waals surface area contributed by atoms with Gasteiger partial charge in [-0.1, -0.05) is 36.8 Å². The molecule has 0 aromatic heterocycles. The summed E-state index contributed by atoms with van der Waals surface area (Å²) in [6.07, 6.45) is 1.98. The Morgan fingerprint density at radius 2 is 1.78 bits per heavy atom. The summed E-state index contributed by atoms with van der Waals surface area (Å²) in [6, 6.07) is 9.18. The molecule has 1 saturated heterocycles. The molecule has 18 heavy (non-hydrogen) atoms. The molecule has 1 aromatic carbocycles. The zero-order chi connectivity index (χ0) is 12.9. The molecule has 2 fully saturated rings. The second-order valence-corrected chi connectivity index (χ2v) is 4.93. The van der Waals surface area contributed by atoms with Crippen LogP contribution in [0.4, 0.5) is 5.69 Å². The summed E-state index contributed by atoms with van der Waals surface area (Å²) in [5.74, 6) is -0.275. The van der Waals surface area contributed by atoms with Crippen molar-refractivity contribution in [3.8, 4) is 0 Å². The highest BCUT2D eigenvalue weighted by Gasteiger charge is 2.59. The van der Waals surface area contributed by atoms with Crippen LogP contribution in [-0.4, -0.2) is 11.8 Å². The molecule has 2 aliphatic rings. The number of carbonyl (C=O) groups excluding carboxylic acids is 2. The van der Waals surface area contributed by atoms with E-state index in [4.69, 9.17) is 0 Å². The summed E-state index contributed by atoms with van der Waals surface area (Å²) < 4.78 is 0. The number of nitrogens with zero attached hydrogens (tertiary/aromatic N) is 1. The number of fused-ring (bicyclic) bond motifs is 1. The van der Waals surface area contributed by atoms with Gasteiger partial charge in [0.15, 0.2) is 0 Å². The van der Waals surface area contributed by atoms with Crippen LogP contribution in [0.2, 0.25) is 0 Å². The zero-order valence-corrected chi connectivity index (χ0v) is 10.5. The Bertz CT molecular complexity index is 547. The summed E-state index contributed by atoms with van der Waals surface area (Å²) in [5.41, 5.74) is 1.79. The highest BCUT2D eigenvalue weighted by atomic mass is 16.2. The molecule has 2 amide bonds. The molecule has 1 heterocycles. The van der Waals surface area contributed by atoms with Crippen LogP contribution in [0.3, 0.4) is 0 Å². The van der Waals surface area contributed by atoms with Crippen molar-refractivity contribution < 1.29 is 9.59 Å². The third-order valence-electron chi connectivity index (χ3n) is 4.12. The molecule has 3 nitrogen and oxygen atoms in total. The van der Waals surface area contributed by atoms with Crippen molar-refractivity contribution in [1.29, 1.82) is 0 Å². The molecular weight excluding hydrogens is 226 g/mol. The third kappa shape index (κ3) is 1.24. The van der Waals surface area contributed by atoms with E-state index in [-0.39, 0.29) is 29.6 Å². The first-order valence-corrected chi connectivity index (χ1v) is 6.25. The van der Waals surface area contributed by atoms with Gasteiger partial charge in [0.2, 0.25) is 11.8 Å². The van der Waals surface area contributed by atoms with E-state index in [9.17, 15) is 9.59 Å². The zero-order valence-electron chi connectivity index (χ0n) is 10.5. The normalized spacial score (nSPS) is 32.7. The van der Waals surface area contributed by atoms with E-state index in [1.807, 2.05) is 38.1 Å². The Morgan fingerprint density at radius 3 is 2.39 bits per heavy atom. The van der Waals surface area contributed by atoms with Crippen molar-refractivity contribution in [3.63, 3.8) is 0 Å². The van der Waals surface area contributed by atoms with Gasteiger partial charge in [-0.2, -0.15) is 0 Å². The topological polar surface area (TPSA) is 37.4 Å². The Hall–Kier alpha value is -1.90. The van der Waals surface area contributed by atoms with Crippen molar-refractivity contribution in [2.24, 2.45) is 17.8 Å². The lowest BCUT2D eigenvalue weighted by Gasteiger charge is -2.37. The number of hydrogen-bond donors (Lipinski definition) is 0. The number of hydrogen-bond acceptors (Lipinski definition) is 2. The number of rotatable bonds is 1. The second kappa shape index (κ2) is 3.80. The minimum atomic E-state index is -0.210. The SMILES string of the molecule is C/C=C1\[C@H](C)[C@@H]2C(=O)N(c3ccccc3)C(=O)[C@@H]12. The van der Waals surface area contributed by atoms with Gasteiger partial charge in [-0.3, -0.25) is 9.59 Å². The van der Waals surface area contributed by atoms with Gasteiger partial charge in [0.25, 0.3) is 0 Å². The lowest BCUT2D eigenvalue weighted by atomic mass is 9.63. The molecule has 3 heteroatoms. The molecule has 1 aromatic rings. The fourth-order valence-corrected chi connectivity index (χ4v) is 3.19. The smallest absolute Gasteiger partial charge is 0.241 e. The first kappa shape index (κ1) is 11.2. The van der Waals surface area contributed by atoms with Gasteiger partial charge in [-0.05, 0) is 25.0 Å². The van der Waals surface area contributed by atoms with Gasteiger partial charge in [-0.15, -0.1) is 0 Å². The maximum atomic E-state index is 12.4. The van der Waals surface area contributed by atoms with Gasteiger partial charge in [0.1, 0.15) is 0 Å². The minimum absolute atomic E-state index is 0.0469. The van der Waals surface area contributed by atoms with Gasteiger partial charge in [0.05, 0.1) is 17.5 Å². The van der Waals surface area contributed by atoms with E-state index in [1.54, 1.807) is 12.1 Å². The van der Waals surface area contributed by atoms with Crippen LogP contribution in [0, 0.1) is 17.8 Å². The van der Waals surface area contributed by atoms with Gasteiger partial charge >= 0.3 is 0 Å². The van der Waals surface area contributed by atoms with Crippen LogP contribution < -0.4 is 4.90 Å². The Morgan fingerprint density at radius 1 is 1.11 bits per heavy atom. The van der Waals surface area contributed by atoms with Crippen molar-refractivity contribution in [3.05, 3.63) is 42.0 Å². The number of anilines is 1. The van der Waals surface area contributed by atoms with E-state index in [0.717, 1.165) is 5.57 Å². The van der Waals surface area contributed by atoms with Crippen LogP contribution in [0.15, 0.2) is 42.0 Å². The lowest BCUT2D eigenvalue weighted by Crippen LogP contribution is -2.39. The fraction of sp³-hybridized carbons (Fsp3) is 0.333. The van der Waals surface area contributed by atoms with E-state index in [0.29, 0.717) is 5.69 Å². The van der Waals surface area contributed by atoms with Gasteiger partial charge < -0.3 is 0 Å². The highest BCUT2D eigenvalue weighted by molar-refractivity contribution is 6.24. The predicted octanol–water partition coefficient (Wildman–Crippen LogP) is 2.39. The molecule has 1 aliphatic heterocycles. The van der Waals surface area contributed by atoms with E-state index in [2.05, 4.69) is 0 Å². The second-order valence-electron chi connectivity index (χ2n) is 4.93. The highest BCUT2D eigenvalue weighted by Crippen LogP contribution is 2.52. The molecular formula is C15H15NO2. The number of carbonyl (C=O) groups is 2. The van der Waals surface area contributed by atoms with E-state index >= 15 is 0 Å². The van der Waals surface area contributed by atoms with Crippen LogP contribution in [0.5, 0.6) is 0 Å². The van der Waals surface area contributed by atoms with Crippen molar-refractivity contribution in [1.82, 2.24) is 0 Å². The first-order valence-electron chi connectivity index (χ1n) is 6.25. The maximum Gasteiger partial charge on any atom is 0.241 e. The van der Waals surface area contributed by atoms with E-state index < -0.39 is 0 Å². The number of benzene rings is 1. The third-order valence-corrected chi connectivity index (χ3v) is 4.12. The predicted molar refractivity (Wildman–Crippen MR) is 68.8 cm³/mol. The Labute approximate surface area is 106 Å². The molecule has 0 N–H and O–H groups in total. The number of imide groups is 1. The monoisotopic (exact) mass is 241 g/mol. The molecule has 0 spiro atoms. The minimum Gasteiger partial charge on any atom is -0.274 e. The van der Waals surface area contributed by atoms with E-state index in [1.165, 1.54) is 4.90 Å². The Balaban J connectivity index is 2.01. The van der Waals surface area contributed by atoms with Crippen LogP contribution >= 0.6 is 0 Å². The maximum absolute atomic E-state index is 12.4. The molecule has 0 unspecified atom stereocenters. The molecule has 92 valence electrons. The molecule has 0 radical (unpaired) electrons. The fourth-order valence-electron chi connectivity index (χ4n) is 3.19. The van der Waals surface area contributed by atoms with Crippen LogP contribution in [0.25, 0.3) is 0 Å². The standard InChI is InChI=1S/C15H15NO2/c1-3-11-9(2)12-13(11)15(18)16(14(12)17)10-7-5-4-6-8-10/h3-9,12-13H,1-2H3/b11-3+/t9-,12-,13-/m0/s1. The molecule has 1 saturated carbocycles. The Kier molecular flexibility index (Phi) is 2.37. The van der Waals surface area contributed by atoms with Crippen LogP contribution in [-0.2, 0) is 9.59 Å². The summed E-state index contributed by atoms with van der Waals surface area (Å²) in [5, 5.41) is 0. The average Bonchev–Trinajstić information content (AvgIpc) is 2.59. The summed E-state index contributed by atoms with van der Waals surface area (Å²) in [7, 11) is 0. The molecule has 0 bridgehead atoms. The number of amides is 2. The van der Waals surface area contributed by atoms with Gasteiger partial charge in [-0.25, -0.2) is 4.90 Å². The quantitative estimate of drug-likeness (QED) is 0.559. The summed E-state index contributed by atoms with van der Waals surface area (Å²) >= 11 is 0. The number of allylic oxidation sites excluding steroid dienone is 1. The van der Waals surface area contributed by atoms with Crippen LogP contribution in [0.1, 0.15) is 13.8 Å². The largest absolute Gasteiger partial charge is 0.274 e. The van der Waals surface area contributed by atoms with Crippen molar-refractivity contribution in [2.75, 3.05) is 4.90 Å². The summed E-state index contributed by atoms with van der Waals surface area (Å²) in [4.78, 5) is 26.0. The number of para-hydroxylation sites is 1. The average molecular weight is 241 g/mol. The molecule has 1 aliphatic carbocycles. The molecule has 3 atom stereocenters. The molecule has 3 rings (SSSR count). The van der Waals surface area contributed by atoms with Crippen molar-refractivity contribution >= 4 is 17.5 Å². The lowest BCUT2D eigenvalue weighted by molar-refractivity contribution is -0.123. The van der Waals surface area contributed by atoms with Gasteiger partial charge in [0, 0.05) is 0 Å². The first-order chi connectivity index (χ1) is 8.66. The van der Waals surface area contributed by atoms with Crippen molar-refractivity contribution in [2.45, 2.75) is 13.8 Å².